The van der Waals surface area contributed by atoms with Gasteiger partial charge in [-0.15, -0.1) is 0 Å². The molecule has 0 saturated heterocycles. The number of rotatable bonds is 4. The molecule has 5 heteroatoms. The van der Waals surface area contributed by atoms with Gasteiger partial charge in [-0.05, 0) is 23.3 Å². The minimum absolute atomic E-state index is 0.0245. The van der Waals surface area contributed by atoms with Crippen LogP contribution in [0.4, 0.5) is 4.39 Å². The molecule has 0 radical (unpaired) electrons. The first kappa shape index (κ1) is 12.8. The van der Waals surface area contributed by atoms with Crippen molar-refractivity contribution in [1.82, 2.24) is 9.78 Å². The Balaban J connectivity index is 2.03. The van der Waals surface area contributed by atoms with Crippen LogP contribution in [0.5, 0.6) is 0 Å². The maximum absolute atomic E-state index is 12.9. The SMILES string of the molecule is Cn1cc(CC(=O)Cc2ccc(F)cc2Cl)cn1. The van der Waals surface area contributed by atoms with Crippen molar-refractivity contribution in [3.63, 3.8) is 0 Å². The molecule has 0 saturated carbocycles. The Kier molecular flexibility index (Phi) is 3.77. The Bertz CT molecular complexity index is 580. The van der Waals surface area contributed by atoms with Crippen molar-refractivity contribution in [2.24, 2.45) is 7.05 Å². The van der Waals surface area contributed by atoms with Crippen LogP contribution in [0.3, 0.4) is 0 Å². The normalized spacial score (nSPS) is 10.6. The molecule has 0 unspecified atom stereocenters. The van der Waals surface area contributed by atoms with Gasteiger partial charge in [0.2, 0.25) is 0 Å². The topological polar surface area (TPSA) is 34.9 Å². The van der Waals surface area contributed by atoms with Crippen molar-refractivity contribution < 1.29 is 9.18 Å². The summed E-state index contributed by atoms with van der Waals surface area (Å²) in [6.45, 7) is 0. The summed E-state index contributed by atoms with van der Waals surface area (Å²) in [6, 6.07) is 4.06. The van der Waals surface area contributed by atoms with Gasteiger partial charge in [-0.2, -0.15) is 5.10 Å². The lowest BCUT2D eigenvalue weighted by atomic mass is 10.0. The van der Waals surface area contributed by atoms with E-state index in [0.29, 0.717) is 12.0 Å². The third-order valence-corrected chi connectivity index (χ3v) is 2.91. The van der Waals surface area contributed by atoms with Crippen molar-refractivity contribution >= 4 is 17.4 Å². The van der Waals surface area contributed by atoms with E-state index in [-0.39, 0.29) is 17.2 Å². The number of aryl methyl sites for hydroxylation is 1. The molecule has 0 N–H and O–H groups in total. The summed E-state index contributed by atoms with van der Waals surface area (Å²) in [4.78, 5) is 11.8. The van der Waals surface area contributed by atoms with Gasteiger partial charge in [0, 0.05) is 31.1 Å². The number of benzene rings is 1. The van der Waals surface area contributed by atoms with E-state index in [4.69, 9.17) is 11.6 Å². The van der Waals surface area contributed by atoms with Gasteiger partial charge in [0.15, 0.2) is 0 Å². The molecule has 2 aromatic rings. The van der Waals surface area contributed by atoms with E-state index < -0.39 is 5.82 Å². The van der Waals surface area contributed by atoms with Crippen molar-refractivity contribution in [1.29, 1.82) is 0 Å². The number of nitrogens with zero attached hydrogens (tertiary/aromatic N) is 2. The second-order valence-electron chi connectivity index (χ2n) is 4.15. The third-order valence-electron chi connectivity index (χ3n) is 2.56. The lowest BCUT2D eigenvalue weighted by Crippen LogP contribution is -2.06. The summed E-state index contributed by atoms with van der Waals surface area (Å²) in [5.74, 6) is -0.375. The number of hydrogen-bond acceptors (Lipinski definition) is 2. The molecule has 0 aliphatic heterocycles. The summed E-state index contributed by atoms with van der Waals surface area (Å²) >= 11 is 5.87. The third kappa shape index (κ3) is 3.17. The van der Waals surface area contributed by atoms with Crippen LogP contribution in [0.2, 0.25) is 5.02 Å². The number of Topliss-reactive ketones (excluding diaryl/α,β-unsaturated/α-hetero) is 1. The highest BCUT2D eigenvalue weighted by molar-refractivity contribution is 6.31. The van der Waals surface area contributed by atoms with E-state index in [1.165, 1.54) is 12.1 Å². The number of carbonyl (C=O) groups is 1. The summed E-state index contributed by atoms with van der Waals surface area (Å²) in [6.07, 6.45) is 3.96. The van der Waals surface area contributed by atoms with E-state index in [9.17, 15) is 9.18 Å². The Morgan fingerprint density at radius 3 is 2.83 bits per heavy atom. The fourth-order valence-electron chi connectivity index (χ4n) is 1.73. The van der Waals surface area contributed by atoms with Crippen LogP contribution < -0.4 is 0 Å². The molecular weight excluding hydrogens is 255 g/mol. The van der Waals surface area contributed by atoms with Gasteiger partial charge in [0.05, 0.1) is 6.20 Å². The highest BCUT2D eigenvalue weighted by Gasteiger charge is 2.09. The van der Waals surface area contributed by atoms with E-state index in [1.807, 2.05) is 0 Å². The minimum atomic E-state index is -0.400. The summed E-state index contributed by atoms with van der Waals surface area (Å²) in [7, 11) is 1.80. The number of hydrogen-bond donors (Lipinski definition) is 0. The van der Waals surface area contributed by atoms with Gasteiger partial charge >= 0.3 is 0 Å². The molecule has 0 aliphatic rings. The summed E-state index contributed by atoms with van der Waals surface area (Å²) in [5.41, 5.74) is 1.51. The fourth-order valence-corrected chi connectivity index (χ4v) is 1.96. The second kappa shape index (κ2) is 5.31. The minimum Gasteiger partial charge on any atom is -0.299 e. The molecule has 1 heterocycles. The zero-order valence-electron chi connectivity index (χ0n) is 9.86. The quantitative estimate of drug-likeness (QED) is 0.852. The van der Waals surface area contributed by atoms with E-state index in [0.717, 1.165) is 5.56 Å². The second-order valence-corrected chi connectivity index (χ2v) is 4.56. The first-order chi connectivity index (χ1) is 8.54. The van der Waals surface area contributed by atoms with E-state index in [2.05, 4.69) is 5.10 Å². The van der Waals surface area contributed by atoms with E-state index >= 15 is 0 Å². The number of halogens is 2. The molecule has 0 atom stereocenters. The monoisotopic (exact) mass is 266 g/mol. The highest BCUT2D eigenvalue weighted by Crippen LogP contribution is 2.18. The van der Waals surface area contributed by atoms with Crippen molar-refractivity contribution in [2.45, 2.75) is 12.8 Å². The van der Waals surface area contributed by atoms with Crippen LogP contribution in [0.25, 0.3) is 0 Å². The molecule has 2 rings (SSSR count). The zero-order chi connectivity index (χ0) is 13.1. The van der Waals surface area contributed by atoms with Crippen LogP contribution in [0, 0.1) is 5.82 Å². The first-order valence-corrected chi connectivity index (χ1v) is 5.85. The molecule has 1 aromatic carbocycles. The predicted molar refractivity (Wildman–Crippen MR) is 67.0 cm³/mol. The standard InChI is InChI=1S/C13H12ClFN2O/c1-17-8-9(7-16-17)4-12(18)5-10-2-3-11(15)6-13(10)14/h2-3,6-8H,4-5H2,1H3. The van der Waals surface area contributed by atoms with Gasteiger partial charge in [-0.3, -0.25) is 9.48 Å². The number of aromatic nitrogens is 2. The summed E-state index contributed by atoms with van der Waals surface area (Å²) in [5, 5.41) is 4.28. The Morgan fingerprint density at radius 1 is 1.44 bits per heavy atom. The van der Waals surface area contributed by atoms with Crippen molar-refractivity contribution in [3.8, 4) is 0 Å². The largest absolute Gasteiger partial charge is 0.299 e. The highest BCUT2D eigenvalue weighted by atomic mass is 35.5. The van der Waals surface area contributed by atoms with Gasteiger partial charge in [0.1, 0.15) is 11.6 Å². The van der Waals surface area contributed by atoms with Gasteiger partial charge in [0.25, 0.3) is 0 Å². The maximum atomic E-state index is 12.9. The van der Waals surface area contributed by atoms with Crippen LogP contribution in [-0.4, -0.2) is 15.6 Å². The Morgan fingerprint density at radius 2 is 2.22 bits per heavy atom. The number of carbonyl (C=O) groups excluding carboxylic acids is 1. The van der Waals surface area contributed by atoms with Gasteiger partial charge < -0.3 is 0 Å². The summed E-state index contributed by atoms with van der Waals surface area (Å²) < 4.78 is 14.5. The van der Waals surface area contributed by atoms with Gasteiger partial charge in [-0.1, -0.05) is 17.7 Å². The van der Waals surface area contributed by atoms with Crippen LogP contribution in [-0.2, 0) is 24.7 Å². The molecule has 94 valence electrons. The molecule has 0 bridgehead atoms. The molecule has 0 aliphatic carbocycles. The van der Waals surface area contributed by atoms with Crippen molar-refractivity contribution in [3.05, 3.63) is 52.6 Å². The lowest BCUT2D eigenvalue weighted by Gasteiger charge is -2.03. The van der Waals surface area contributed by atoms with Gasteiger partial charge in [-0.25, -0.2) is 4.39 Å². The lowest BCUT2D eigenvalue weighted by molar-refractivity contribution is -0.117. The fraction of sp³-hybridized carbons (Fsp3) is 0.231. The van der Waals surface area contributed by atoms with Crippen molar-refractivity contribution in [2.75, 3.05) is 0 Å². The molecule has 3 nitrogen and oxygen atoms in total. The van der Waals surface area contributed by atoms with Crippen LogP contribution >= 0.6 is 11.6 Å². The molecule has 0 fully saturated rings. The predicted octanol–water partition coefficient (Wildman–Crippen LogP) is 2.57. The Hall–Kier alpha value is -1.68. The molecule has 0 spiro atoms. The zero-order valence-corrected chi connectivity index (χ0v) is 10.6. The average molecular weight is 267 g/mol. The average Bonchev–Trinajstić information content (AvgIpc) is 2.68. The Labute approximate surface area is 109 Å². The molecule has 1 aromatic heterocycles. The van der Waals surface area contributed by atoms with Crippen LogP contribution in [0.15, 0.2) is 30.6 Å². The number of ketones is 1. The van der Waals surface area contributed by atoms with Crippen LogP contribution in [0.1, 0.15) is 11.1 Å². The smallest absolute Gasteiger partial charge is 0.141 e. The molecular formula is C13H12ClFN2O. The van der Waals surface area contributed by atoms with E-state index in [1.54, 1.807) is 30.2 Å². The molecule has 0 amide bonds. The first-order valence-electron chi connectivity index (χ1n) is 5.48. The molecule has 18 heavy (non-hydrogen) atoms. The maximum Gasteiger partial charge on any atom is 0.141 e.